The zero-order chi connectivity index (χ0) is 15.2. The lowest BCUT2D eigenvalue weighted by molar-refractivity contribution is -0.148. The van der Waals surface area contributed by atoms with Crippen molar-refractivity contribution in [3.8, 4) is 0 Å². The van der Waals surface area contributed by atoms with E-state index in [2.05, 4.69) is 4.98 Å². The molecule has 0 radical (unpaired) electrons. The van der Waals surface area contributed by atoms with Gasteiger partial charge in [-0.3, -0.25) is 4.79 Å². The highest BCUT2D eigenvalue weighted by Gasteiger charge is 2.20. The van der Waals surface area contributed by atoms with Gasteiger partial charge in [-0.1, -0.05) is 29.6 Å². The van der Waals surface area contributed by atoms with Crippen LogP contribution in [0.3, 0.4) is 0 Å². The van der Waals surface area contributed by atoms with Crippen LogP contribution in [0.15, 0.2) is 12.1 Å². The summed E-state index contributed by atoms with van der Waals surface area (Å²) < 4.78 is 10.5. The first kappa shape index (κ1) is 16.5. The van der Waals surface area contributed by atoms with Crippen LogP contribution in [0.5, 0.6) is 0 Å². The van der Waals surface area contributed by atoms with Crippen molar-refractivity contribution in [2.75, 3.05) is 13.2 Å². The smallest absolute Gasteiger partial charge is 0.325 e. The van der Waals surface area contributed by atoms with Crippen molar-refractivity contribution in [1.29, 1.82) is 0 Å². The van der Waals surface area contributed by atoms with Crippen LogP contribution in [0.2, 0.25) is 10.3 Å². The lowest BCUT2D eigenvalue weighted by Crippen LogP contribution is -2.37. The summed E-state index contributed by atoms with van der Waals surface area (Å²) in [5.41, 5.74) is 6.39. The second-order valence-corrected chi connectivity index (χ2v) is 5.94. The van der Waals surface area contributed by atoms with Gasteiger partial charge in [0.05, 0.1) is 6.61 Å². The predicted octanol–water partition coefficient (Wildman–Crippen LogP) is 2.58. The maximum Gasteiger partial charge on any atom is 0.325 e. The normalized spacial score (nSPS) is 16.3. The van der Waals surface area contributed by atoms with Crippen LogP contribution in [0.1, 0.15) is 24.8 Å². The standard InChI is InChI=1S/C14H18Cl2N2O3/c15-12-4-10(5-13(16)18-12)7-21-14(19)11(17)8-20-6-9-2-1-3-9/h4-5,9,11H,1-3,6-8,17H2/t11-/m0/s1. The maximum absolute atomic E-state index is 11.7. The fraction of sp³-hybridized carbons (Fsp3) is 0.571. The Morgan fingerprint density at radius 3 is 2.62 bits per heavy atom. The van der Waals surface area contributed by atoms with Crippen molar-refractivity contribution in [1.82, 2.24) is 4.98 Å². The molecule has 1 atom stereocenters. The summed E-state index contributed by atoms with van der Waals surface area (Å²) in [7, 11) is 0. The first-order chi connectivity index (χ1) is 10.0. The van der Waals surface area contributed by atoms with E-state index in [1.165, 1.54) is 19.3 Å². The van der Waals surface area contributed by atoms with E-state index in [0.29, 0.717) is 18.1 Å². The van der Waals surface area contributed by atoms with Gasteiger partial charge in [-0.25, -0.2) is 4.98 Å². The molecule has 0 aromatic carbocycles. The van der Waals surface area contributed by atoms with Crippen LogP contribution in [-0.2, 0) is 20.9 Å². The summed E-state index contributed by atoms with van der Waals surface area (Å²) in [6.45, 7) is 0.890. The quantitative estimate of drug-likeness (QED) is 0.613. The summed E-state index contributed by atoms with van der Waals surface area (Å²) >= 11 is 11.5. The summed E-state index contributed by atoms with van der Waals surface area (Å²) in [5, 5.41) is 0.503. The molecule has 1 fully saturated rings. The van der Waals surface area contributed by atoms with E-state index in [9.17, 15) is 4.79 Å². The number of hydrogen-bond donors (Lipinski definition) is 1. The van der Waals surface area contributed by atoms with Crippen LogP contribution in [0.25, 0.3) is 0 Å². The largest absolute Gasteiger partial charge is 0.460 e. The summed E-state index contributed by atoms with van der Waals surface area (Å²) in [4.78, 5) is 15.5. The van der Waals surface area contributed by atoms with Gasteiger partial charge in [-0.15, -0.1) is 0 Å². The fourth-order valence-corrected chi connectivity index (χ4v) is 2.45. The molecule has 1 aromatic rings. The highest BCUT2D eigenvalue weighted by Crippen LogP contribution is 2.26. The zero-order valence-corrected chi connectivity index (χ0v) is 13.1. The summed E-state index contributed by atoms with van der Waals surface area (Å²) in [6, 6.07) is 2.39. The number of halogens is 2. The second-order valence-electron chi connectivity index (χ2n) is 5.17. The molecule has 1 heterocycles. The van der Waals surface area contributed by atoms with Gasteiger partial charge in [-0.05, 0) is 36.5 Å². The van der Waals surface area contributed by atoms with Crippen LogP contribution in [0.4, 0.5) is 0 Å². The Hall–Kier alpha value is -0.880. The number of aromatic nitrogens is 1. The number of carbonyl (C=O) groups is 1. The van der Waals surface area contributed by atoms with Gasteiger partial charge in [0.25, 0.3) is 0 Å². The topological polar surface area (TPSA) is 74.4 Å². The summed E-state index contributed by atoms with van der Waals surface area (Å²) in [6.07, 6.45) is 3.66. The molecule has 0 bridgehead atoms. The minimum absolute atomic E-state index is 0.0527. The van der Waals surface area contributed by atoms with Crippen LogP contribution >= 0.6 is 23.2 Å². The number of esters is 1. The molecule has 2 rings (SSSR count). The van der Waals surface area contributed by atoms with Crippen molar-refractivity contribution >= 4 is 29.2 Å². The number of nitrogens with two attached hydrogens (primary N) is 1. The third kappa shape index (κ3) is 5.43. The van der Waals surface area contributed by atoms with Gasteiger partial charge >= 0.3 is 5.97 Å². The molecule has 0 amide bonds. The first-order valence-electron chi connectivity index (χ1n) is 6.86. The lowest BCUT2D eigenvalue weighted by atomic mass is 9.86. The highest BCUT2D eigenvalue weighted by molar-refractivity contribution is 6.32. The van der Waals surface area contributed by atoms with Crippen LogP contribution in [-0.4, -0.2) is 30.2 Å². The third-order valence-corrected chi connectivity index (χ3v) is 3.77. The van der Waals surface area contributed by atoms with Crippen molar-refractivity contribution in [3.63, 3.8) is 0 Å². The molecule has 1 aromatic heterocycles. The summed E-state index contributed by atoms with van der Waals surface area (Å²) in [5.74, 6) is 0.113. The molecule has 0 saturated heterocycles. The Morgan fingerprint density at radius 2 is 2.05 bits per heavy atom. The van der Waals surface area contributed by atoms with E-state index >= 15 is 0 Å². The molecule has 21 heavy (non-hydrogen) atoms. The maximum atomic E-state index is 11.7. The SMILES string of the molecule is N[C@@H](COCC1CCC1)C(=O)OCc1cc(Cl)nc(Cl)c1. The molecule has 0 unspecified atom stereocenters. The van der Waals surface area contributed by atoms with Crippen molar-refractivity contribution in [2.24, 2.45) is 11.7 Å². The predicted molar refractivity (Wildman–Crippen MR) is 80.2 cm³/mol. The first-order valence-corrected chi connectivity index (χ1v) is 7.62. The molecule has 2 N–H and O–H groups in total. The minimum Gasteiger partial charge on any atom is -0.460 e. The number of hydrogen-bond acceptors (Lipinski definition) is 5. The van der Waals surface area contributed by atoms with E-state index < -0.39 is 12.0 Å². The van der Waals surface area contributed by atoms with Crippen LogP contribution < -0.4 is 5.73 Å². The Bertz CT molecular complexity index is 475. The number of rotatable bonds is 7. The second kappa shape index (κ2) is 7.94. The Labute approximate surface area is 133 Å². The number of ether oxygens (including phenoxy) is 2. The monoisotopic (exact) mass is 332 g/mol. The van der Waals surface area contributed by atoms with Gasteiger partial charge < -0.3 is 15.2 Å². The molecule has 0 aliphatic heterocycles. The molecule has 7 heteroatoms. The fourth-order valence-electron chi connectivity index (χ4n) is 1.95. The van der Waals surface area contributed by atoms with Gasteiger partial charge in [-0.2, -0.15) is 0 Å². The molecular weight excluding hydrogens is 315 g/mol. The average molecular weight is 333 g/mol. The number of carbonyl (C=O) groups excluding carboxylic acids is 1. The molecule has 1 saturated carbocycles. The Morgan fingerprint density at radius 1 is 1.38 bits per heavy atom. The Kier molecular flexibility index (Phi) is 6.23. The van der Waals surface area contributed by atoms with Gasteiger partial charge in [0.2, 0.25) is 0 Å². The van der Waals surface area contributed by atoms with Crippen molar-refractivity contribution in [3.05, 3.63) is 28.0 Å². The molecule has 1 aliphatic carbocycles. The van der Waals surface area contributed by atoms with Gasteiger partial charge in [0.15, 0.2) is 0 Å². The molecule has 5 nitrogen and oxygen atoms in total. The molecule has 1 aliphatic rings. The minimum atomic E-state index is -0.780. The lowest BCUT2D eigenvalue weighted by Gasteiger charge is -2.25. The Balaban J connectivity index is 1.69. The van der Waals surface area contributed by atoms with E-state index in [-0.39, 0.29) is 23.5 Å². The molecule has 0 spiro atoms. The molecular formula is C14H18Cl2N2O3. The number of pyridine rings is 1. The number of nitrogens with zero attached hydrogens (tertiary/aromatic N) is 1. The average Bonchev–Trinajstić information content (AvgIpc) is 2.37. The van der Waals surface area contributed by atoms with E-state index in [1.54, 1.807) is 12.1 Å². The highest BCUT2D eigenvalue weighted by atomic mass is 35.5. The van der Waals surface area contributed by atoms with Gasteiger partial charge in [0.1, 0.15) is 23.0 Å². The van der Waals surface area contributed by atoms with E-state index in [1.807, 2.05) is 0 Å². The molecule has 116 valence electrons. The zero-order valence-electron chi connectivity index (χ0n) is 11.6. The van der Waals surface area contributed by atoms with Crippen molar-refractivity contribution in [2.45, 2.75) is 31.9 Å². The van der Waals surface area contributed by atoms with Crippen molar-refractivity contribution < 1.29 is 14.3 Å². The third-order valence-electron chi connectivity index (χ3n) is 3.38. The van der Waals surface area contributed by atoms with Gasteiger partial charge in [0, 0.05) is 6.61 Å². The van der Waals surface area contributed by atoms with E-state index in [4.69, 9.17) is 38.4 Å². The van der Waals surface area contributed by atoms with E-state index in [0.717, 1.165) is 0 Å². The van der Waals surface area contributed by atoms with Crippen LogP contribution in [0, 0.1) is 5.92 Å².